The normalized spacial score (nSPS) is 21.2. The smallest absolute Gasteiger partial charge is 0.315 e. The Morgan fingerprint density at radius 1 is 1.69 bits per heavy atom. The zero-order valence-electron chi connectivity index (χ0n) is 7.93. The van der Waals surface area contributed by atoms with Gasteiger partial charge in [-0.1, -0.05) is 12.2 Å². The van der Waals surface area contributed by atoms with Crippen LogP contribution in [0.2, 0.25) is 0 Å². The third-order valence-corrected chi connectivity index (χ3v) is 1.82. The lowest BCUT2D eigenvalue weighted by Gasteiger charge is -2.11. The number of rotatable bonds is 3. The highest BCUT2D eigenvalue weighted by Gasteiger charge is 2.16. The summed E-state index contributed by atoms with van der Waals surface area (Å²) in [4.78, 5) is 11.2. The predicted molar refractivity (Wildman–Crippen MR) is 50.6 cm³/mol. The molecule has 1 saturated heterocycles. The number of hydrogen-bond acceptors (Lipinski definition) is 2. The summed E-state index contributed by atoms with van der Waals surface area (Å²) in [6, 6.07) is 0.0311. The molecule has 0 radical (unpaired) electrons. The summed E-state index contributed by atoms with van der Waals surface area (Å²) in [5.74, 6) is 0. The molecule has 1 fully saturated rings. The van der Waals surface area contributed by atoms with E-state index in [-0.39, 0.29) is 12.1 Å². The molecule has 4 heteroatoms. The fourth-order valence-electron chi connectivity index (χ4n) is 1.12. The predicted octanol–water partition coefficient (Wildman–Crippen LogP) is 0.651. The minimum absolute atomic E-state index is 0.140. The molecule has 0 aliphatic carbocycles. The van der Waals surface area contributed by atoms with Gasteiger partial charge < -0.3 is 15.4 Å². The van der Waals surface area contributed by atoms with Crippen LogP contribution in [-0.2, 0) is 4.74 Å². The summed E-state index contributed by atoms with van der Waals surface area (Å²) in [6.45, 7) is 7.46. The second-order valence-corrected chi connectivity index (χ2v) is 3.34. The van der Waals surface area contributed by atoms with E-state index in [9.17, 15) is 4.79 Å². The minimum Gasteiger partial charge on any atom is -0.379 e. The molecule has 0 saturated carbocycles. The quantitative estimate of drug-likeness (QED) is 0.633. The average molecular weight is 184 g/mol. The topological polar surface area (TPSA) is 50.4 Å². The summed E-state index contributed by atoms with van der Waals surface area (Å²) in [5.41, 5.74) is 0.942. The summed E-state index contributed by atoms with van der Waals surface area (Å²) >= 11 is 0. The van der Waals surface area contributed by atoms with Gasteiger partial charge in [0.25, 0.3) is 0 Å². The van der Waals surface area contributed by atoms with E-state index >= 15 is 0 Å². The van der Waals surface area contributed by atoms with Gasteiger partial charge in [-0.15, -0.1) is 0 Å². The first-order valence-electron chi connectivity index (χ1n) is 4.45. The maximum Gasteiger partial charge on any atom is 0.315 e. The molecular weight excluding hydrogens is 168 g/mol. The van der Waals surface area contributed by atoms with Crippen molar-refractivity contribution in [2.45, 2.75) is 19.4 Å². The number of ether oxygens (including phenoxy) is 1. The van der Waals surface area contributed by atoms with Crippen LogP contribution in [0.4, 0.5) is 4.79 Å². The first kappa shape index (κ1) is 10.1. The van der Waals surface area contributed by atoms with Gasteiger partial charge in [-0.2, -0.15) is 0 Å². The maximum absolute atomic E-state index is 11.2. The first-order valence-corrected chi connectivity index (χ1v) is 4.45. The summed E-state index contributed by atoms with van der Waals surface area (Å²) < 4.78 is 5.12. The Labute approximate surface area is 78.3 Å². The van der Waals surface area contributed by atoms with Gasteiger partial charge >= 0.3 is 6.03 Å². The monoisotopic (exact) mass is 184 g/mol. The molecule has 13 heavy (non-hydrogen) atoms. The van der Waals surface area contributed by atoms with E-state index < -0.39 is 0 Å². The Morgan fingerprint density at radius 3 is 3.00 bits per heavy atom. The Hall–Kier alpha value is -1.03. The van der Waals surface area contributed by atoms with Crippen molar-refractivity contribution < 1.29 is 9.53 Å². The Balaban J connectivity index is 2.13. The largest absolute Gasteiger partial charge is 0.379 e. The van der Waals surface area contributed by atoms with Crippen LogP contribution in [0.5, 0.6) is 0 Å². The first-order chi connectivity index (χ1) is 6.18. The Bertz CT molecular complexity index is 198. The molecule has 1 atom stereocenters. The molecule has 74 valence electrons. The number of carbonyl (C=O) groups is 1. The summed E-state index contributed by atoms with van der Waals surface area (Å²) in [6.07, 6.45) is 0.903. The second-order valence-electron chi connectivity index (χ2n) is 3.34. The van der Waals surface area contributed by atoms with E-state index in [1.807, 2.05) is 6.92 Å². The van der Waals surface area contributed by atoms with Crippen LogP contribution >= 0.6 is 0 Å². The van der Waals surface area contributed by atoms with Crippen molar-refractivity contribution in [1.29, 1.82) is 0 Å². The zero-order valence-corrected chi connectivity index (χ0v) is 7.93. The molecule has 0 aromatic carbocycles. The van der Waals surface area contributed by atoms with Crippen LogP contribution in [0.25, 0.3) is 0 Å². The van der Waals surface area contributed by atoms with Gasteiger partial charge in [0.2, 0.25) is 0 Å². The molecule has 2 N–H and O–H groups in total. The highest BCUT2D eigenvalue weighted by molar-refractivity contribution is 5.74. The van der Waals surface area contributed by atoms with E-state index in [0.29, 0.717) is 13.2 Å². The van der Waals surface area contributed by atoms with Crippen molar-refractivity contribution in [1.82, 2.24) is 10.6 Å². The van der Waals surface area contributed by atoms with Crippen LogP contribution in [0.1, 0.15) is 13.3 Å². The molecule has 1 heterocycles. The lowest BCUT2D eigenvalue weighted by atomic mass is 10.3. The molecule has 1 unspecified atom stereocenters. The van der Waals surface area contributed by atoms with E-state index in [4.69, 9.17) is 4.74 Å². The highest BCUT2D eigenvalue weighted by atomic mass is 16.5. The molecule has 0 aromatic heterocycles. The minimum atomic E-state index is -0.140. The number of urea groups is 1. The fourth-order valence-corrected chi connectivity index (χ4v) is 1.12. The summed E-state index contributed by atoms with van der Waals surface area (Å²) in [5, 5.41) is 5.52. The Morgan fingerprint density at radius 2 is 2.46 bits per heavy atom. The van der Waals surface area contributed by atoms with Gasteiger partial charge in [0, 0.05) is 13.2 Å². The van der Waals surface area contributed by atoms with E-state index in [0.717, 1.165) is 18.6 Å². The van der Waals surface area contributed by atoms with E-state index in [1.165, 1.54) is 0 Å². The number of amides is 2. The average Bonchev–Trinajstić information content (AvgIpc) is 2.53. The van der Waals surface area contributed by atoms with Crippen molar-refractivity contribution in [2.24, 2.45) is 0 Å². The van der Waals surface area contributed by atoms with Crippen molar-refractivity contribution in [3.05, 3.63) is 12.2 Å². The van der Waals surface area contributed by atoms with Crippen LogP contribution in [-0.4, -0.2) is 31.8 Å². The fraction of sp³-hybridized carbons (Fsp3) is 0.667. The third-order valence-electron chi connectivity index (χ3n) is 1.82. The zero-order chi connectivity index (χ0) is 9.68. The van der Waals surface area contributed by atoms with Gasteiger partial charge in [0.05, 0.1) is 12.6 Å². The van der Waals surface area contributed by atoms with Crippen LogP contribution < -0.4 is 10.6 Å². The Kier molecular flexibility index (Phi) is 3.76. The molecular formula is C9H16N2O2. The molecule has 0 bridgehead atoms. The van der Waals surface area contributed by atoms with Gasteiger partial charge in [0.1, 0.15) is 0 Å². The molecule has 4 nitrogen and oxygen atoms in total. The third kappa shape index (κ3) is 3.94. The summed E-state index contributed by atoms with van der Waals surface area (Å²) in [7, 11) is 0. The highest BCUT2D eigenvalue weighted by Crippen LogP contribution is 2.02. The van der Waals surface area contributed by atoms with E-state index in [2.05, 4.69) is 17.2 Å². The SMILES string of the molecule is C=C(C)CNC(=O)NC1CCOC1. The van der Waals surface area contributed by atoms with Gasteiger partial charge in [-0.05, 0) is 13.3 Å². The number of hydrogen-bond donors (Lipinski definition) is 2. The molecule has 2 amide bonds. The molecule has 1 rings (SSSR count). The van der Waals surface area contributed by atoms with Crippen molar-refractivity contribution >= 4 is 6.03 Å². The number of nitrogens with one attached hydrogen (secondary N) is 2. The second kappa shape index (κ2) is 4.87. The maximum atomic E-state index is 11.2. The lowest BCUT2D eigenvalue weighted by Crippen LogP contribution is -2.42. The van der Waals surface area contributed by atoms with Gasteiger partial charge in [0.15, 0.2) is 0 Å². The van der Waals surface area contributed by atoms with Crippen molar-refractivity contribution in [3.63, 3.8) is 0 Å². The van der Waals surface area contributed by atoms with Crippen LogP contribution in [0, 0.1) is 0 Å². The molecule has 0 spiro atoms. The molecule has 1 aliphatic rings. The van der Waals surface area contributed by atoms with Crippen LogP contribution in [0.3, 0.4) is 0 Å². The van der Waals surface area contributed by atoms with Gasteiger partial charge in [-0.3, -0.25) is 0 Å². The van der Waals surface area contributed by atoms with E-state index in [1.54, 1.807) is 0 Å². The van der Waals surface area contributed by atoms with Crippen LogP contribution in [0.15, 0.2) is 12.2 Å². The number of carbonyl (C=O) groups excluding carboxylic acids is 1. The molecule has 0 aromatic rings. The molecule has 1 aliphatic heterocycles. The standard InChI is InChI=1S/C9H16N2O2/c1-7(2)5-10-9(12)11-8-3-4-13-6-8/h8H,1,3-6H2,2H3,(H2,10,11,12). The van der Waals surface area contributed by atoms with Crippen molar-refractivity contribution in [2.75, 3.05) is 19.8 Å². The lowest BCUT2D eigenvalue weighted by molar-refractivity contribution is 0.188. The van der Waals surface area contributed by atoms with Crippen molar-refractivity contribution in [3.8, 4) is 0 Å². The van der Waals surface area contributed by atoms with Gasteiger partial charge in [-0.25, -0.2) is 4.79 Å².